The maximum absolute atomic E-state index is 11.7. The molecule has 1 aromatic heterocycles. The van der Waals surface area contributed by atoms with Crippen LogP contribution in [0.2, 0.25) is 5.02 Å². The van der Waals surface area contributed by atoms with E-state index in [1.54, 1.807) is 23.7 Å². The van der Waals surface area contributed by atoms with Crippen LogP contribution in [0.3, 0.4) is 0 Å². The highest BCUT2D eigenvalue weighted by molar-refractivity contribution is 9.10. The third kappa shape index (κ3) is 2.42. The van der Waals surface area contributed by atoms with Crippen LogP contribution in [0.5, 0.6) is 0 Å². The summed E-state index contributed by atoms with van der Waals surface area (Å²) in [5.41, 5.74) is 2.26. The van der Waals surface area contributed by atoms with Crippen molar-refractivity contribution in [3.05, 3.63) is 44.3 Å². The van der Waals surface area contributed by atoms with E-state index in [1.165, 1.54) is 17.5 Å². The van der Waals surface area contributed by atoms with Crippen molar-refractivity contribution >= 4 is 50.5 Å². The van der Waals surface area contributed by atoms with Crippen molar-refractivity contribution in [2.45, 2.75) is 0 Å². The smallest absolute Gasteiger partial charge is 0.267 e. The summed E-state index contributed by atoms with van der Waals surface area (Å²) in [5.74, 6) is -0.189. The third-order valence-electron chi connectivity index (χ3n) is 1.86. The van der Waals surface area contributed by atoms with Gasteiger partial charge in [-0.15, -0.1) is 11.3 Å². The average Bonchev–Trinajstić information content (AvgIpc) is 2.78. The van der Waals surface area contributed by atoms with Gasteiger partial charge in [-0.2, -0.15) is 0 Å². The summed E-state index contributed by atoms with van der Waals surface area (Å²) in [7, 11) is 0. The monoisotopic (exact) mass is 316 g/mol. The molecule has 1 amide bonds. The fraction of sp³-hybridized carbons (Fsp3) is 0. The second kappa shape index (κ2) is 4.95. The Bertz CT molecular complexity index is 516. The van der Waals surface area contributed by atoms with Crippen molar-refractivity contribution < 1.29 is 4.79 Å². The van der Waals surface area contributed by atoms with E-state index in [1.807, 2.05) is 0 Å². The quantitative estimate of drug-likeness (QED) is 0.915. The molecule has 0 aliphatic heterocycles. The summed E-state index contributed by atoms with van der Waals surface area (Å²) in [6.45, 7) is 0. The van der Waals surface area contributed by atoms with Crippen LogP contribution in [-0.4, -0.2) is 10.9 Å². The van der Waals surface area contributed by atoms with E-state index in [0.29, 0.717) is 20.1 Å². The molecule has 0 bridgehead atoms. The largest absolute Gasteiger partial charge is 0.320 e. The minimum absolute atomic E-state index is 0.189. The minimum Gasteiger partial charge on any atom is -0.320 e. The van der Waals surface area contributed by atoms with Gasteiger partial charge in [-0.05, 0) is 28.1 Å². The number of carbonyl (C=O) groups is 1. The maximum Gasteiger partial charge on any atom is 0.267 e. The number of hydrogen-bond acceptors (Lipinski definition) is 3. The molecule has 2 aromatic rings. The SMILES string of the molecule is O=C(Nc1cccc(Cl)c1Br)c1cncs1. The maximum atomic E-state index is 11.7. The second-order valence-corrected chi connectivity index (χ2v) is 5.01. The van der Waals surface area contributed by atoms with Crippen molar-refractivity contribution in [2.75, 3.05) is 5.32 Å². The summed E-state index contributed by atoms with van der Waals surface area (Å²) in [6, 6.07) is 5.29. The second-order valence-electron chi connectivity index (χ2n) is 2.92. The summed E-state index contributed by atoms with van der Waals surface area (Å²) >= 11 is 10.5. The molecule has 0 radical (unpaired) electrons. The molecule has 3 nitrogen and oxygen atoms in total. The molecule has 1 N–H and O–H groups in total. The molecular weight excluding hydrogens is 312 g/mol. The lowest BCUT2D eigenvalue weighted by Crippen LogP contribution is -2.10. The molecule has 0 unspecified atom stereocenters. The number of nitrogens with one attached hydrogen (secondary N) is 1. The number of rotatable bonds is 2. The van der Waals surface area contributed by atoms with Gasteiger partial charge < -0.3 is 5.32 Å². The van der Waals surface area contributed by atoms with Gasteiger partial charge in [-0.3, -0.25) is 9.78 Å². The number of thiazole rings is 1. The van der Waals surface area contributed by atoms with Gasteiger partial charge in [0.1, 0.15) is 4.88 Å². The molecule has 0 aliphatic rings. The van der Waals surface area contributed by atoms with Crippen LogP contribution in [0.4, 0.5) is 5.69 Å². The van der Waals surface area contributed by atoms with Crippen LogP contribution in [0.25, 0.3) is 0 Å². The van der Waals surface area contributed by atoms with Crippen LogP contribution in [0.15, 0.2) is 34.4 Å². The van der Waals surface area contributed by atoms with Gasteiger partial charge >= 0.3 is 0 Å². The van der Waals surface area contributed by atoms with Gasteiger partial charge in [-0.25, -0.2) is 0 Å². The van der Waals surface area contributed by atoms with E-state index >= 15 is 0 Å². The van der Waals surface area contributed by atoms with Gasteiger partial charge in [0, 0.05) is 0 Å². The van der Waals surface area contributed by atoms with Crippen molar-refractivity contribution in [3.8, 4) is 0 Å². The van der Waals surface area contributed by atoms with Gasteiger partial charge in [0.2, 0.25) is 0 Å². The van der Waals surface area contributed by atoms with E-state index in [-0.39, 0.29) is 5.91 Å². The Morgan fingerprint density at radius 3 is 3.00 bits per heavy atom. The highest BCUT2D eigenvalue weighted by Gasteiger charge is 2.10. The Balaban J connectivity index is 2.22. The first-order chi connectivity index (χ1) is 7.68. The first-order valence-electron chi connectivity index (χ1n) is 4.32. The number of benzene rings is 1. The predicted octanol–water partition coefficient (Wildman–Crippen LogP) is 3.81. The molecule has 1 heterocycles. The lowest BCUT2D eigenvalue weighted by atomic mass is 10.3. The number of aromatic nitrogens is 1. The zero-order valence-electron chi connectivity index (χ0n) is 7.91. The topological polar surface area (TPSA) is 42.0 Å². The van der Waals surface area contributed by atoms with Crippen molar-refractivity contribution in [1.29, 1.82) is 0 Å². The average molecular weight is 318 g/mol. The van der Waals surface area contributed by atoms with Crippen molar-refractivity contribution in [1.82, 2.24) is 4.98 Å². The van der Waals surface area contributed by atoms with Gasteiger partial charge in [0.15, 0.2) is 0 Å². The molecule has 0 aliphatic carbocycles. The van der Waals surface area contributed by atoms with E-state index in [4.69, 9.17) is 11.6 Å². The van der Waals surface area contributed by atoms with E-state index < -0.39 is 0 Å². The molecule has 6 heteroatoms. The molecule has 0 fully saturated rings. The van der Waals surface area contributed by atoms with Crippen molar-refractivity contribution in [3.63, 3.8) is 0 Å². The van der Waals surface area contributed by atoms with E-state index in [9.17, 15) is 4.79 Å². The summed E-state index contributed by atoms with van der Waals surface area (Å²) in [4.78, 5) is 16.1. The minimum atomic E-state index is -0.189. The first-order valence-corrected chi connectivity index (χ1v) is 6.37. The Morgan fingerprint density at radius 1 is 1.50 bits per heavy atom. The zero-order valence-corrected chi connectivity index (χ0v) is 11.1. The zero-order chi connectivity index (χ0) is 11.5. The van der Waals surface area contributed by atoms with Gasteiger partial charge in [-0.1, -0.05) is 17.7 Å². The normalized spacial score (nSPS) is 10.1. The molecule has 2 rings (SSSR count). The molecule has 1 aromatic carbocycles. The predicted molar refractivity (Wildman–Crippen MR) is 69.2 cm³/mol. The molecule has 0 saturated carbocycles. The van der Waals surface area contributed by atoms with E-state index in [0.717, 1.165) is 0 Å². The van der Waals surface area contributed by atoms with Crippen LogP contribution in [0, 0.1) is 0 Å². The fourth-order valence-corrected chi connectivity index (χ4v) is 2.17. The summed E-state index contributed by atoms with van der Waals surface area (Å²) in [6.07, 6.45) is 1.53. The fourth-order valence-electron chi connectivity index (χ4n) is 1.11. The van der Waals surface area contributed by atoms with Crippen molar-refractivity contribution in [2.24, 2.45) is 0 Å². The van der Waals surface area contributed by atoms with E-state index in [2.05, 4.69) is 26.2 Å². The Kier molecular flexibility index (Phi) is 3.58. The molecule has 16 heavy (non-hydrogen) atoms. The third-order valence-corrected chi connectivity index (χ3v) is 4.03. The summed E-state index contributed by atoms with van der Waals surface area (Å²) < 4.78 is 0.675. The summed E-state index contributed by atoms with van der Waals surface area (Å²) in [5, 5.41) is 3.31. The van der Waals surface area contributed by atoms with Gasteiger partial charge in [0.05, 0.1) is 26.9 Å². The van der Waals surface area contributed by atoms with Crippen LogP contribution >= 0.6 is 38.9 Å². The highest BCUT2D eigenvalue weighted by Crippen LogP contribution is 2.30. The number of anilines is 1. The Labute approximate surface area is 110 Å². The lowest BCUT2D eigenvalue weighted by molar-refractivity contribution is 0.103. The molecule has 0 saturated heterocycles. The van der Waals surface area contributed by atoms with Gasteiger partial charge in [0.25, 0.3) is 5.91 Å². The van der Waals surface area contributed by atoms with Crippen LogP contribution < -0.4 is 5.32 Å². The number of halogens is 2. The first kappa shape index (κ1) is 11.6. The highest BCUT2D eigenvalue weighted by atomic mass is 79.9. The number of nitrogens with zero attached hydrogens (tertiary/aromatic N) is 1. The number of amides is 1. The lowest BCUT2D eigenvalue weighted by Gasteiger charge is -2.06. The molecule has 0 atom stereocenters. The Morgan fingerprint density at radius 2 is 2.31 bits per heavy atom. The number of carbonyl (C=O) groups excluding carboxylic acids is 1. The molecule has 0 spiro atoms. The molecule has 82 valence electrons. The number of hydrogen-bond donors (Lipinski definition) is 1. The standard InChI is InChI=1S/C10H6BrClN2OS/c11-9-6(12)2-1-3-7(9)14-10(15)8-4-13-5-16-8/h1-5H,(H,14,15). The van der Waals surface area contributed by atoms with Crippen LogP contribution in [0.1, 0.15) is 9.67 Å². The van der Waals surface area contributed by atoms with Crippen LogP contribution in [-0.2, 0) is 0 Å². The molecular formula is C10H6BrClN2OS. The Hall–Kier alpha value is -0.910.